The Morgan fingerprint density at radius 3 is 3.00 bits per heavy atom. The lowest BCUT2D eigenvalue weighted by atomic mass is 10.3. The van der Waals surface area contributed by atoms with Crippen LogP contribution in [0.1, 0.15) is 6.42 Å². The number of nitrogens with two attached hydrogens (primary N) is 1. The van der Waals surface area contributed by atoms with Crippen LogP contribution in [-0.2, 0) is 9.53 Å². The summed E-state index contributed by atoms with van der Waals surface area (Å²) in [5, 5.41) is 3.67. The topological polar surface area (TPSA) is 76.7 Å². The van der Waals surface area contributed by atoms with Crippen molar-refractivity contribution in [2.75, 3.05) is 6.61 Å². The van der Waals surface area contributed by atoms with Gasteiger partial charge in [0.25, 0.3) is 0 Å². The summed E-state index contributed by atoms with van der Waals surface area (Å²) in [5.41, 5.74) is 7.72. The molecule has 1 aliphatic heterocycles. The molecule has 1 saturated heterocycles. The van der Waals surface area contributed by atoms with Crippen LogP contribution in [-0.4, -0.2) is 23.4 Å². The second-order valence-electron chi connectivity index (χ2n) is 1.92. The highest BCUT2D eigenvalue weighted by Crippen LogP contribution is 2.00. The van der Waals surface area contributed by atoms with Crippen molar-refractivity contribution in [2.45, 2.75) is 6.42 Å². The highest BCUT2D eigenvalue weighted by Gasteiger charge is 2.20. The molecule has 0 radical (unpaired) electrons. The van der Waals surface area contributed by atoms with Crippen LogP contribution >= 0.6 is 12.2 Å². The van der Waals surface area contributed by atoms with Crippen LogP contribution in [0.5, 0.6) is 0 Å². The maximum Gasteiger partial charge on any atom is 0.354 e. The van der Waals surface area contributed by atoms with E-state index in [0.29, 0.717) is 18.7 Å². The molecule has 1 fully saturated rings. The fourth-order valence-corrected chi connectivity index (χ4v) is 0.696. The molecule has 11 heavy (non-hydrogen) atoms. The molecule has 0 aromatic heterocycles. The molecule has 1 heterocycles. The molecule has 0 aliphatic carbocycles. The molecule has 1 aliphatic rings. The zero-order valence-corrected chi connectivity index (χ0v) is 6.48. The van der Waals surface area contributed by atoms with Crippen LogP contribution in [0.4, 0.5) is 0 Å². The van der Waals surface area contributed by atoms with Gasteiger partial charge in [-0.15, -0.1) is 0 Å². The standard InChI is InChI=1S/C5H7N3O2S/c6-5(11)8-7-3-1-2-10-4(3)9/h1-2H2,(H3,6,8,11)/b7-3-. The summed E-state index contributed by atoms with van der Waals surface area (Å²) in [6, 6.07) is 0. The zero-order valence-electron chi connectivity index (χ0n) is 5.66. The third-order valence-corrected chi connectivity index (χ3v) is 1.20. The molecule has 0 bridgehead atoms. The number of esters is 1. The van der Waals surface area contributed by atoms with Crippen molar-refractivity contribution >= 4 is 29.0 Å². The Morgan fingerprint density at radius 2 is 2.55 bits per heavy atom. The second-order valence-corrected chi connectivity index (χ2v) is 2.36. The average molecular weight is 173 g/mol. The fourth-order valence-electron chi connectivity index (χ4n) is 0.650. The van der Waals surface area contributed by atoms with Crippen molar-refractivity contribution in [2.24, 2.45) is 10.8 Å². The molecule has 5 nitrogen and oxygen atoms in total. The highest BCUT2D eigenvalue weighted by atomic mass is 32.1. The van der Waals surface area contributed by atoms with Crippen molar-refractivity contribution in [1.82, 2.24) is 5.43 Å². The molecule has 0 aromatic carbocycles. The summed E-state index contributed by atoms with van der Waals surface area (Å²) in [6.45, 7) is 0.386. The van der Waals surface area contributed by atoms with Gasteiger partial charge in [0.2, 0.25) is 0 Å². The van der Waals surface area contributed by atoms with Gasteiger partial charge in [-0.3, -0.25) is 5.43 Å². The summed E-state index contributed by atoms with van der Waals surface area (Å²) in [6.07, 6.45) is 0.508. The number of rotatable bonds is 1. The van der Waals surface area contributed by atoms with Gasteiger partial charge in [0.1, 0.15) is 5.71 Å². The zero-order chi connectivity index (χ0) is 8.27. The van der Waals surface area contributed by atoms with Crippen molar-refractivity contribution in [3.8, 4) is 0 Å². The van der Waals surface area contributed by atoms with E-state index in [9.17, 15) is 4.79 Å². The molecule has 6 heteroatoms. The summed E-state index contributed by atoms with van der Waals surface area (Å²) in [5.74, 6) is -0.409. The summed E-state index contributed by atoms with van der Waals surface area (Å²) in [7, 11) is 0. The molecule has 0 atom stereocenters. The first kappa shape index (κ1) is 7.93. The Labute approximate surface area is 68.6 Å². The molecule has 1 rings (SSSR count). The number of carbonyl (C=O) groups excluding carboxylic acids is 1. The minimum Gasteiger partial charge on any atom is -0.461 e. The summed E-state index contributed by atoms with van der Waals surface area (Å²) >= 11 is 4.48. The molecular weight excluding hydrogens is 166 g/mol. The van der Waals surface area contributed by atoms with Gasteiger partial charge in [0, 0.05) is 6.42 Å². The Bertz CT molecular complexity index is 226. The number of hydrogen-bond acceptors (Lipinski definition) is 4. The molecule has 3 N–H and O–H groups in total. The molecular formula is C5H7N3O2S. The lowest BCUT2D eigenvalue weighted by Gasteiger charge is -1.94. The van der Waals surface area contributed by atoms with E-state index in [1.165, 1.54) is 0 Å². The maximum absolute atomic E-state index is 10.7. The van der Waals surface area contributed by atoms with E-state index in [-0.39, 0.29) is 5.11 Å². The Kier molecular flexibility index (Phi) is 2.37. The van der Waals surface area contributed by atoms with E-state index >= 15 is 0 Å². The number of ether oxygens (including phenoxy) is 1. The van der Waals surface area contributed by atoms with E-state index in [1.54, 1.807) is 0 Å². The first-order valence-corrected chi connectivity index (χ1v) is 3.40. The first-order chi connectivity index (χ1) is 5.20. The Morgan fingerprint density at radius 1 is 1.82 bits per heavy atom. The molecule has 0 saturated carbocycles. The van der Waals surface area contributed by atoms with Gasteiger partial charge in [-0.1, -0.05) is 0 Å². The number of nitrogens with one attached hydrogen (secondary N) is 1. The van der Waals surface area contributed by atoms with Gasteiger partial charge < -0.3 is 10.5 Å². The minimum atomic E-state index is -0.409. The number of carbonyl (C=O) groups is 1. The molecule has 0 aromatic rings. The van der Waals surface area contributed by atoms with E-state index < -0.39 is 5.97 Å². The lowest BCUT2D eigenvalue weighted by molar-refractivity contribution is -0.132. The van der Waals surface area contributed by atoms with Crippen LogP contribution in [0.15, 0.2) is 5.10 Å². The number of cyclic esters (lactones) is 1. The SMILES string of the molecule is NC(=S)N/N=C1/CCOC1=O. The van der Waals surface area contributed by atoms with Gasteiger partial charge >= 0.3 is 5.97 Å². The molecule has 0 amide bonds. The average Bonchev–Trinajstić information content (AvgIpc) is 2.31. The van der Waals surface area contributed by atoms with Gasteiger partial charge in [0.05, 0.1) is 6.61 Å². The van der Waals surface area contributed by atoms with Gasteiger partial charge in [-0.2, -0.15) is 5.10 Å². The fraction of sp³-hybridized carbons (Fsp3) is 0.400. The van der Waals surface area contributed by atoms with E-state index in [4.69, 9.17) is 5.73 Å². The number of thiocarbonyl (C=S) groups is 1. The Hall–Kier alpha value is -1.17. The van der Waals surface area contributed by atoms with Crippen LogP contribution in [0.25, 0.3) is 0 Å². The molecule has 0 spiro atoms. The Balaban J connectivity index is 2.52. The second kappa shape index (κ2) is 3.29. The van der Waals surface area contributed by atoms with Crippen LogP contribution < -0.4 is 11.2 Å². The minimum absolute atomic E-state index is 0.0391. The number of hydrogen-bond donors (Lipinski definition) is 2. The molecule has 0 unspecified atom stereocenters. The quantitative estimate of drug-likeness (QED) is 0.306. The number of nitrogens with zero attached hydrogens (tertiary/aromatic N) is 1. The van der Waals surface area contributed by atoms with Crippen molar-refractivity contribution < 1.29 is 9.53 Å². The summed E-state index contributed by atoms with van der Waals surface area (Å²) < 4.78 is 4.60. The maximum atomic E-state index is 10.7. The van der Waals surface area contributed by atoms with E-state index in [1.807, 2.05) is 0 Å². The van der Waals surface area contributed by atoms with Gasteiger partial charge in [-0.05, 0) is 12.2 Å². The predicted octanol–water partition coefficient (Wildman–Crippen LogP) is -0.877. The third-order valence-electron chi connectivity index (χ3n) is 1.11. The van der Waals surface area contributed by atoms with E-state index in [2.05, 4.69) is 27.5 Å². The van der Waals surface area contributed by atoms with Gasteiger partial charge in [-0.25, -0.2) is 4.79 Å². The van der Waals surface area contributed by atoms with Crippen molar-refractivity contribution in [1.29, 1.82) is 0 Å². The largest absolute Gasteiger partial charge is 0.461 e. The smallest absolute Gasteiger partial charge is 0.354 e. The summed E-state index contributed by atoms with van der Waals surface area (Å²) in [4.78, 5) is 10.7. The van der Waals surface area contributed by atoms with Gasteiger partial charge in [0.15, 0.2) is 5.11 Å². The van der Waals surface area contributed by atoms with Crippen LogP contribution in [0.3, 0.4) is 0 Å². The van der Waals surface area contributed by atoms with Crippen LogP contribution in [0, 0.1) is 0 Å². The normalized spacial score (nSPS) is 20.0. The molecule has 60 valence electrons. The first-order valence-electron chi connectivity index (χ1n) is 2.99. The van der Waals surface area contributed by atoms with Crippen LogP contribution in [0.2, 0.25) is 0 Å². The lowest BCUT2D eigenvalue weighted by Crippen LogP contribution is -2.26. The third kappa shape index (κ3) is 2.15. The van der Waals surface area contributed by atoms with E-state index in [0.717, 1.165) is 0 Å². The van der Waals surface area contributed by atoms with Crippen molar-refractivity contribution in [3.63, 3.8) is 0 Å². The predicted molar refractivity (Wildman–Crippen MR) is 42.9 cm³/mol. The highest BCUT2D eigenvalue weighted by molar-refractivity contribution is 7.80. The monoisotopic (exact) mass is 173 g/mol. The van der Waals surface area contributed by atoms with Crippen molar-refractivity contribution in [3.05, 3.63) is 0 Å². The number of hydrazone groups is 1.